The summed E-state index contributed by atoms with van der Waals surface area (Å²) < 4.78 is 5.94. The van der Waals surface area contributed by atoms with Crippen molar-refractivity contribution >= 4 is 28.9 Å². The second kappa shape index (κ2) is 5.18. The molecule has 2 aliphatic heterocycles. The Balaban J connectivity index is 1.72. The maximum atomic E-state index is 6.15. The molecule has 2 aromatic rings. The second-order valence-electron chi connectivity index (χ2n) is 5.55. The van der Waals surface area contributed by atoms with Crippen LogP contribution in [0.1, 0.15) is 30.5 Å². The molecule has 2 atom stereocenters. The molecule has 0 unspecified atom stereocenters. The maximum Gasteiger partial charge on any atom is 0.185 e. The largest absolute Gasteiger partial charge is 0.469 e. The predicted octanol–water partition coefficient (Wildman–Crippen LogP) is 4.88. The van der Waals surface area contributed by atoms with E-state index in [1.54, 1.807) is 0 Å². The van der Waals surface area contributed by atoms with Crippen molar-refractivity contribution in [1.82, 2.24) is 5.01 Å². The molecule has 0 saturated carbocycles. The van der Waals surface area contributed by atoms with Crippen LogP contribution in [0, 0.1) is 0 Å². The van der Waals surface area contributed by atoms with Crippen LogP contribution in [0.15, 0.2) is 47.6 Å². The van der Waals surface area contributed by atoms with E-state index in [1.807, 2.05) is 54.4 Å². The van der Waals surface area contributed by atoms with Gasteiger partial charge in [-0.1, -0.05) is 35.3 Å². The molecule has 0 saturated heterocycles. The van der Waals surface area contributed by atoms with Crippen LogP contribution in [0.3, 0.4) is 0 Å². The summed E-state index contributed by atoms with van der Waals surface area (Å²) in [6.45, 7) is 2.01. The van der Waals surface area contributed by atoms with Gasteiger partial charge in [0.1, 0.15) is 5.75 Å². The summed E-state index contributed by atoms with van der Waals surface area (Å²) in [4.78, 5) is 0. The number of nitrogens with zero attached hydrogens (tertiary/aromatic N) is 2. The average Bonchev–Trinajstić information content (AvgIpc) is 2.95. The van der Waals surface area contributed by atoms with Crippen molar-refractivity contribution in [2.75, 3.05) is 0 Å². The lowest BCUT2D eigenvalue weighted by Gasteiger charge is -2.36. The molecule has 5 heteroatoms. The molecule has 0 spiro atoms. The molecule has 2 aromatic carbocycles. The zero-order valence-corrected chi connectivity index (χ0v) is 13.5. The van der Waals surface area contributed by atoms with Crippen molar-refractivity contribution in [3.63, 3.8) is 0 Å². The van der Waals surface area contributed by atoms with Crippen molar-refractivity contribution in [3.8, 4) is 5.75 Å². The van der Waals surface area contributed by atoms with Crippen molar-refractivity contribution in [2.45, 2.75) is 25.6 Å². The van der Waals surface area contributed by atoms with Gasteiger partial charge in [-0.25, -0.2) is 0 Å². The number of hydrogen-bond acceptors (Lipinski definition) is 3. The van der Waals surface area contributed by atoms with Gasteiger partial charge in [0.2, 0.25) is 0 Å². The Hall–Kier alpha value is -1.71. The van der Waals surface area contributed by atoms with Crippen LogP contribution in [0.5, 0.6) is 5.75 Å². The Morgan fingerprint density at radius 2 is 1.82 bits per heavy atom. The zero-order chi connectivity index (χ0) is 15.3. The third-order valence-corrected chi connectivity index (χ3v) is 4.61. The highest BCUT2D eigenvalue weighted by molar-refractivity contribution is 6.31. The molecule has 0 aliphatic carbocycles. The highest BCUT2D eigenvalue weighted by atomic mass is 35.5. The van der Waals surface area contributed by atoms with Crippen molar-refractivity contribution in [3.05, 3.63) is 63.6 Å². The average molecular weight is 333 g/mol. The number of halogens is 2. The summed E-state index contributed by atoms with van der Waals surface area (Å²) in [5, 5.41) is 8.22. The number of hydrazone groups is 1. The van der Waals surface area contributed by atoms with Gasteiger partial charge < -0.3 is 4.74 Å². The van der Waals surface area contributed by atoms with Gasteiger partial charge in [-0.05, 0) is 42.8 Å². The SMILES string of the molecule is C[C@H]1Oc2ccc(Cl)cc2[C@H]2CC(c3ccc(Cl)cc3)=NN21. The Labute approximate surface area is 139 Å². The van der Waals surface area contributed by atoms with Crippen LogP contribution in [-0.2, 0) is 0 Å². The predicted molar refractivity (Wildman–Crippen MR) is 88.7 cm³/mol. The summed E-state index contributed by atoms with van der Waals surface area (Å²) in [7, 11) is 0. The Kier molecular flexibility index (Phi) is 3.28. The van der Waals surface area contributed by atoms with E-state index >= 15 is 0 Å². The van der Waals surface area contributed by atoms with Crippen LogP contribution in [0.25, 0.3) is 0 Å². The number of hydrogen-bond donors (Lipinski definition) is 0. The number of ether oxygens (including phenoxy) is 1. The lowest BCUT2D eigenvalue weighted by Crippen LogP contribution is -2.37. The first kappa shape index (κ1) is 13.9. The highest BCUT2D eigenvalue weighted by Gasteiger charge is 2.38. The molecule has 0 bridgehead atoms. The van der Waals surface area contributed by atoms with Gasteiger partial charge >= 0.3 is 0 Å². The minimum atomic E-state index is -0.0940. The fourth-order valence-corrected chi connectivity index (χ4v) is 3.36. The minimum absolute atomic E-state index is 0.0940. The van der Waals surface area contributed by atoms with Crippen molar-refractivity contribution in [1.29, 1.82) is 0 Å². The van der Waals surface area contributed by atoms with Gasteiger partial charge in [-0.15, -0.1) is 0 Å². The van der Waals surface area contributed by atoms with E-state index in [0.717, 1.165) is 39.1 Å². The van der Waals surface area contributed by atoms with E-state index in [-0.39, 0.29) is 12.3 Å². The lowest BCUT2D eigenvalue weighted by atomic mass is 9.97. The number of fused-ring (bicyclic) bond motifs is 3. The van der Waals surface area contributed by atoms with E-state index in [4.69, 9.17) is 33.0 Å². The highest BCUT2D eigenvalue weighted by Crippen LogP contribution is 2.43. The van der Waals surface area contributed by atoms with Crippen LogP contribution >= 0.6 is 23.2 Å². The molecular weight excluding hydrogens is 319 g/mol. The molecule has 3 nitrogen and oxygen atoms in total. The summed E-state index contributed by atoms with van der Waals surface area (Å²) >= 11 is 12.1. The third kappa shape index (κ3) is 2.25. The third-order valence-electron chi connectivity index (χ3n) is 4.12. The molecule has 0 fully saturated rings. The summed E-state index contributed by atoms with van der Waals surface area (Å²) in [5.41, 5.74) is 3.23. The van der Waals surface area contributed by atoms with Crippen LogP contribution in [0.4, 0.5) is 0 Å². The first-order chi connectivity index (χ1) is 10.6. The van der Waals surface area contributed by atoms with Gasteiger partial charge in [-0.2, -0.15) is 5.10 Å². The smallest absolute Gasteiger partial charge is 0.185 e. The van der Waals surface area contributed by atoms with E-state index < -0.39 is 0 Å². The lowest BCUT2D eigenvalue weighted by molar-refractivity contribution is -0.00334. The van der Waals surface area contributed by atoms with Gasteiger partial charge in [-0.3, -0.25) is 5.01 Å². The zero-order valence-electron chi connectivity index (χ0n) is 12.0. The molecule has 0 aromatic heterocycles. The summed E-state index contributed by atoms with van der Waals surface area (Å²) in [5.74, 6) is 0.894. The fourth-order valence-electron chi connectivity index (χ4n) is 3.06. The van der Waals surface area contributed by atoms with E-state index in [9.17, 15) is 0 Å². The van der Waals surface area contributed by atoms with Gasteiger partial charge in [0.15, 0.2) is 6.23 Å². The van der Waals surface area contributed by atoms with Crippen LogP contribution in [0.2, 0.25) is 10.0 Å². The van der Waals surface area contributed by atoms with Crippen molar-refractivity contribution in [2.24, 2.45) is 5.10 Å². The molecule has 2 heterocycles. The van der Waals surface area contributed by atoms with Gasteiger partial charge in [0.05, 0.1) is 11.8 Å². The second-order valence-corrected chi connectivity index (χ2v) is 6.43. The molecule has 0 radical (unpaired) electrons. The normalized spacial score (nSPS) is 22.7. The van der Waals surface area contributed by atoms with Crippen LogP contribution < -0.4 is 4.74 Å². The summed E-state index contributed by atoms with van der Waals surface area (Å²) in [6.07, 6.45) is 0.742. The quantitative estimate of drug-likeness (QED) is 0.743. The molecule has 112 valence electrons. The topological polar surface area (TPSA) is 24.8 Å². The number of rotatable bonds is 1. The van der Waals surface area contributed by atoms with E-state index in [2.05, 4.69) is 0 Å². The first-order valence-corrected chi connectivity index (χ1v) is 7.95. The van der Waals surface area contributed by atoms with Crippen LogP contribution in [-0.4, -0.2) is 16.9 Å². The molecule has 0 N–H and O–H groups in total. The molecule has 22 heavy (non-hydrogen) atoms. The Bertz CT molecular complexity index is 758. The molecule has 0 amide bonds. The first-order valence-electron chi connectivity index (χ1n) is 7.20. The van der Waals surface area contributed by atoms with E-state index in [1.165, 1.54) is 0 Å². The van der Waals surface area contributed by atoms with Crippen molar-refractivity contribution < 1.29 is 4.74 Å². The standard InChI is InChI=1S/C17H14Cl2N2O/c1-10-21-16(14-8-13(19)6-7-17(14)22-10)9-15(20-21)11-2-4-12(18)5-3-11/h2-8,10,16H,9H2,1H3/t10-,16-/m1/s1. The Morgan fingerprint density at radius 1 is 1.09 bits per heavy atom. The monoisotopic (exact) mass is 332 g/mol. The molecule has 4 rings (SSSR count). The molecular formula is C17H14Cl2N2O. The van der Waals surface area contributed by atoms with Gasteiger partial charge in [0.25, 0.3) is 0 Å². The number of benzene rings is 2. The Morgan fingerprint density at radius 3 is 2.59 bits per heavy atom. The minimum Gasteiger partial charge on any atom is -0.469 e. The fraction of sp³-hybridized carbons (Fsp3) is 0.235. The maximum absolute atomic E-state index is 6.15. The van der Waals surface area contributed by atoms with Gasteiger partial charge in [0, 0.05) is 22.0 Å². The summed E-state index contributed by atoms with van der Waals surface area (Å²) in [6, 6.07) is 13.7. The van der Waals surface area contributed by atoms with E-state index in [0.29, 0.717) is 0 Å². The molecule has 2 aliphatic rings.